The van der Waals surface area contributed by atoms with Crippen molar-refractivity contribution in [2.75, 3.05) is 5.32 Å². The summed E-state index contributed by atoms with van der Waals surface area (Å²) in [5.41, 5.74) is -1.44. The molecular formula is C22H23ClF2N4O4. The van der Waals surface area contributed by atoms with E-state index in [1.807, 2.05) is 6.92 Å². The molecule has 1 aromatic heterocycles. The highest BCUT2D eigenvalue weighted by molar-refractivity contribution is 6.34. The summed E-state index contributed by atoms with van der Waals surface area (Å²) in [6.07, 6.45) is 1.09. The van der Waals surface area contributed by atoms with E-state index in [9.17, 15) is 19.1 Å². The van der Waals surface area contributed by atoms with Gasteiger partial charge < -0.3 is 15.2 Å². The van der Waals surface area contributed by atoms with Crippen molar-refractivity contribution in [3.05, 3.63) is 68.9 Å². The first-order valence-corrected chi connectivity index (χ1v) is 10.6. The molecule has 176 valence electrons. The molecule has 0 fully saturated rings. The Hall–Kier alpha value is -3.24. The normalized spacial score (nSPS) is 12.0. The second-order valence-corrected chi connectivity index (χ2v) is 7.80. The number of anilines is 1. The Bertz CT molecular complexity index is 1220. The van der Waals surface area contributed by atoms with Crippen molar-refractivity contribution < 1.29 is 23.4 Å². The van der Waals surface area contributed by atoms with E-state index in [1.165, 1.54) is 25.2 Å². The Kier molecular flexibility index (Phi) is 7.50. The van der Waals surface area contributed by atoms with Crippen LogP contribution in [0.3, 0.4) is 0 Å². The molecule has 8 nitrogen and oxygen atoms in total. The molecule has 1 atom stereocenters. The molecule has 11 heteroatoms. The first-order chi connectivity index (χ1) is 15.7. The molecule has 0 radical (unpaired) electrons. The molecule has 3 aromatic rings. The van der Waals surface area contributed by atoms with E-state index in [-0.39, 0.29) is 39.6 Å². The molecule has 0 unspecified atom stereocenters. The number of nitrogens with one attached hydrogen (secondary N) is 1. The summed E-state index contributed by atoms with van der Waals surface area (Å²) in [5.74, 6) is -2.56. The van der Waals surface area contributed by atoms with Gasteiger partial charge in [-0.25, -0.2) is 13.6 Å². The van der Waals surface area contributed by atoms with E-state index in [1.54, 1.807) is 6.92 Å². The molecule has 0 saturated heterocycles. The number of benzene rings is 2. The number of rotatable bonds is 8. The van der Waals surface area contributed by atoms with Crippen molar-refractivity contribution in [1.82, 2.24) is 14.3 Å². The zero-order chi connectivity index (χ0) is 24.3. The number of aliphatic hydroxyl groups excluding tert-OH is 1. The predicted molar refractivity (Wildman–Crippen MR) is 119 cm³/mol. The lowest BCUT2D eigenvalue weighted by molar-refractivity contribution is 0.101. The average molecular weight is 481 g/mol. The van der Waals surface area contributed by atoms with Crippen molar-refractivity contribution in [2.24, 2.45) is 7.05 Å². The number of ether oxygens (including phenoxy) is 1. The maximum Gasteiger partial charge on any atom is 0.350 e. The van der Waals surface area contributed by atoms with Crippen LogP contribution in [0.1, 0.15) is 42.9 Å². The SMILES string of the molecule is CCC[C@H](C)Oc1cc(-n2nc(CO)n(C)c2=O)c(F)cc1C(=O)Nc1c(F)cccc1Cl. The smallest absolute Gasteiger partial charge is 0.350 e. The van der Waals surface area contributed by atoms with Crippen LogP contribution in [0.2, 0.25) is 5.02 Å². The number of carbonyl (C=O) groups is 1. The largest absolute Gasteiger partial charge is 0.490 e. The van der Waals surface area contributed by atoms with Crippen LogP contribution in [0.4, 0.5) is 14.5 Å². The standard InChI is InChI=1S/C22H23ClF2N4O4/c1-4-6-12(2)33-18-10-17(29-22(32)28(3)19(11-30)27-29)16(25)9-13(18)21(31)26-20-14(23)7-5-8-15(20)24/h5,7-10,12,30H,4,6,11H2,1-3H3,(H,26,31)/t12-/m0/s1. The molecule has 2 aromatic carbocycles. The lowest BCUT2D eigenvalue weighted by atomic mass is 10.1. The zero-order valence-electron chi connectivity index (χ0n) is 18.2. The van der Waals surface area contributed by atoms with E-state index in [4.69, 9.17) is 16.3 Å². The molecule has 0 aliphatic heterocycles. The number of halogens is 3. The van der Waals surface area contributed by atoms with Crippen LogP contribution >= 0.6 is 11.6 Å². The van der Waals surface area contributed by atoms with Crippen LogP contribution < -0.4 is 15.7 Å². The van der Waals surface area contributed by atoms with Gasteiger partial charge in [0.1, 0.15) is 29.7 Å². The van der Waals surface area contributed by atoms with Crippen molar-refractivity contribution in [2.45, 2.75) is 39.4 Å². The minimum absolute atomic E-state index is 0.0252. The zero-order valence-corrected chi connectivity index (χ0v) is 19.0. The number of hydrogen-bond donors (Lipinski definition) is 2. The maximum absolute atomic E-state index is 15.1. The first kappa shape index (κ1) is 24.4. The molecule has 0 bridgehead atoms. The quantitative estimate of drug-likeness (QED) is 0.511. The summed E-state index contributed by atoms with van der Waals surface area (Å²) in [5, 5.41) is 15.6. The Morgan fingerprint density at radius 1 is 1.30 bits per heavy atom. The number of aliphatic hydroxyl groups is 1. The third kappa shape index (κ3) is 5.07. The monoisotopic (exact) mass is 480 g/mol. The van der Waals surface area contributed by atoms with Crippen LogP contribution in [0.15, 0.2) is 35.1 Å². The van der Waals surface area contributed by atoms with Crippen molar-refractivity contribution in [3.63, 3.8) is 0 Å². The van der Waals surface area contributed by atoms with Crippen molar-refractivity contribution in [3.8, 4) is 11.4 Å². The summed E-state index contributed by atoms with van der Waals surface area (Å²) in [6, 6.07) is 5.96. The van der Waals surface area contributed by atoms with Crippen LogP contribution in [0, 0.1) is 11.6 Å². The Balaban J connectivity index is 2.10. The van der Waals surface area contributed by atoms with Crippen LogP contribution in [0.25, 0.3) is 5.69 Å². The number of aromatic nitrogens is 3. The predicted octanol–water partition coefficient (Wildman–Crippen LogP) is 3.81. The number of hydrogen-bond acceptors (Lipinski definition) is 5. The molecule has 0 spiro atoms. The second-order valence-electron chi connectivity index (χ2n) is 7.40. The van der Waals surface area contributed by atoms with Gasteiger partial charge in [-0.2, -0.15) is 4.68 Å². The van der Waals surface area contributed by atoms with Gasteiger partial charge in [0.2, 0.25) is 0 Å². The fourth-order valence-corrected chi connectivity index (χ4v) is 3.44. The van der Waals surface area contributed by atoms with E-state index < -0.39 is 29.8 Å². The lowest BCUT2D eigenvalue weighted by Gasteiger charge is -2.18. The van der Waals surface area contributed by atoms with Crippen LogP contribution in [-0.4, -0.2) is 31.5 Å². The van der Waals surface area contributed by atoms with Crippen molar-refractivity contribution in [1.29, 1.82) is 0 Å². The van der Waals surface area contributed by atoms with Gasteiger partial charge in [-0.1, -0.05) is 31.0 Å². The van der Waals surface area contributed by atoms with Gasteiger partial charge in [0.05, 0.1) is 22.4 Å². The Morgan fingerprint density at radius 3 is 2.64 bits per heavy atom. The van der Waals surface area contributed by atoms with E-state index in [0.29, 0.717) is 6.42 Å². The van der Waals surface area contributed by atoms with E-state index in [2.05, 4.69) is 10.4 Å². The lowest BCUT2D eigenvalue weighted by Crippen LogP contribution is -2.24. The molecule has 0 saturated carbocycles. The van der Waals surface area contributed by atoms with Gasteiger partial charge in [-0.05, 0) is 31.5 Å². The molecule has 33 heavy (non-hydrogen) atoms. The third-order valence-electron chi connectivity index (χ3n) is 4.96. The van der Waals surface area contributed by atoms with Gasteiger partial charge in [-0.3, -0.25) is 9.36 Å². The van der Waals surface area contributed by atoms with Gasteiger partial charge in [0, 0.05) is 13.1 Å². The molecule has 2 N–H and O–H groups in total. The summed E-state index contributed by atoms with van der Waals surface area (Å²) in [6.45, 7) is 3.20. The molecule has 1 amide bonds. The maximum atomic E-state index is 15.1. The highest BCUT2D eigenvalue weighted by Gasteiger charge is 2.23. The fourth-order valence-electron chi connectivity index (χ4n) is 3.23. The topological polar surface area (TPSA) is 98.4 Å². The average Bonchev–Trinajstić information content (AvgIpc) is 3.05. The third-order valence-corrected chi connectivity index (χ3v) is 5.27. The highest BCUT2D eigenvalue weighted by Crippen LogP contribution is 2.30. The van der Waals surface area contributed by atoms with Crippen molar-refractivity contribution >= 4 is 23.2 Å². The second kappa shape index (κ2) is 10.1. The molecular weight excluding hydrogens is 458 g/mol. The summed E-state index contributed by atoms with van der Waals surface area (Å²) < 4.78 is 36.9. The number of amides is 1. The fraction of sp³-hybridized carbons (Fsp3) is 0.318. The van der Waals surface area contributed by atoms with E-state index >= 15 is 4.39 Å². The number of para-hydroxylation sites is 1. The minimum atomic E-state index is -0.944. The van der Waals surface area contributed by atoms with Crippen LogP contribution in [0.5, 0.6) is 5.75 Å². The van der Waals surface area contributed by atoms with Crippen LogP contribution in [-0.2, 0) is 13.7 Å². The first-order valence-electron chi connectivity index (χ1n) is 10.2. The molecule has 3 rings (SSSR count). The van der Waals surface area contributed by atoms with Gasteiger partial charge in [0.15, 0.2) is 5.82 Å². The molecule has 0 aliphatic carbocycles. The highest BCUT2D eigenvalue weighted by atomic mass is 35.5. The summed E-state index contributed by atoms with van der Waals surface area (Å²) in [4.78, 5) is 25.4. The summed E-state index contributed by atoms with van der Waals surface area (Å²) >= 11 is 5.98. The number of carbonyl (C=O) groups excluding carboxylic acids is 1. The molecule has 1 heterocycles. The van der Waals surface area contributed by atoms with E-state index in [0.717, 1.165) is 27.8 Å². The Labute approximate surface area is 193 Å². The number of nitrogens with zero attached hydrogens (tertiary/aromatic N) is 3. The Morgan fingerprint density at radius 2 is 2.03 bits per heavy atom. The minimum Gasteiger partial charge on any atom is -0.490 e. The van der Waals surface area contributed by atoms with Gasteiger partial charge in [0.25, 0.3) is 5.91 Å². The van der Waals surface area contributed by atoms with Gasteiger partial charge in [-0.15, -0.1) is 5.10 Å². The summed E-state index contributed by atoms with van der Waals surface area (Å²) in [7, 11) is 1.38. The van der Waals surface area contributed by atoms with Gasteiger partial charge >= 0.3 is 5.69 Å². The molecule has 0 aliphatic rings.